The maximum absolute atomic E-state index is 12.1. The van der Waals surface area contributed by atoms with Crippen molar-refractivity contribution in [2.24, 2.45) is 0 Å². The van der Waals surface area contributed by atoms with Crippen LogP contribution in [-0.4, -0.2) is 23.1 Å². The largest absolute Gasteiger partial charge is 0.497 e. The van der Waals surface area contributed by atoms with Crippen LogP contribution in [0.3, 0.4) is 0 Å². The van der Waals surface area contributed by atoms with Crippen LogP contribution in [0.5, 0.6) is 5.75 Å². The molecular weight excluding hydrogens is 288 g/mol. The zero-order valence-corrected chi connectivity index (χ0v) is 13.3. The van der Waals surface area contributed by atoms with Crippen molar-refractivity contribution in [3.05, 3.63) is 29.1 Å². The second kappa shape index (κ2) is 5.73. The van der Waals surface area contributed by atoms with Crippen LogP contribution in [0.2, 0.25) is 0 Å². The van der Waals surface area contributed by atoms with Gasteiger partial charge in [-0.15, -0.1) is 0 Å². The van der Waals surface area contributed by atoms with Crippen molar-refractivity contribution in [1.82, 2.24) is 4.37 Å². The molecular formula is C15H18N2O3S. The second-order valence-electron chi connectivity index (χ2n) is 5.50. The van der Waals surface area contributed by atoms with Gasteiger partial charge in [-0.1, -0.05) is 0 Å². The molecule has 2 N–H and O–H groups in total. The summed E-state index contributed by atoms with van der Waals surface area (Å²) in [5.74, 6) is 0.303. The van der Waals surface area contributed by atoms with Gasteiger partial charge in [0, 0.05) is 5.56 Å². The van der Waals surface area contributed by atoms with Crippen molar-refractivity contribution in [2.75, 3.05) is 12.8 Å². The second-order valence-corrected chi connectivity index (χ2v) is 6.28. The number of nitrogens with two attached hydrogens (primary N) is 1. The van der Waals surface area contributed by atoms with E-state index in [-0.39, 0.29) is 0 Å². The number of nitrogens with zero attached hydrogens (tertiary/aromatic N) is 1. The summed E-state index contributed by atoms with van der Waals surface area (Å²) in [5.41, 5.74) is 7.25. The molecule has 5 nitrogen and oxygen atoms in total. The Morgan fingerprint density at radius 2 is 1.86 bits per heavy atom. The molecule has 0 aliphatic rings. The quantitative estimate of drug-likeness (QED) is 0.880. The number of benzene rings is 1. The Hall–Kier alpha value is -2.08. The number of methoxy groups -OCH3 is 1. The summed E-state index contributed by atoms with van der Waals surface area (Å²) in [4.78, 5) is 12.4. The van der Waals surface area contributed by atoms with Crippen molar-refractivity contribution < 1.29 is 14.3 Å². The maximum Gasteiger partial charge on any atom is 0.352 e. The molecule has 0 atom stereocenters. The van der Waals surface area contributed by atoms with Gasteiger partial charge in [-0.05, 0) is 56.6 Å². The van der Waals surface area contributed by atoms with Gasteiger partial charge in [0.25, 0.3) is 0 Å². The normalized spacial score (nSPS) is 11.2. The van der Waals surface area contributed by atoms with E-state index in [2.05, 4.69) is 4.37 Å². The van der Waals surface area contributed by atoms with E-state index in [9.17, 15) is 4.79 Å². The summed E-state index contributed by atoms with van der Waals surface area (Å²) in [6.45, 7) is 5.44. The molecule has 0 fully saturated rings. The van der Waals surface area contributed by atoms with E-state index < -0.39 is 11.6 Å². The van der Waals surface area contributed by atoms with E-state index in [1.54, 1.807) is 7.11 Å². The minimum Gasteiger partial charge on any atom is -0.497 e. The van der Waals surface area contributed by atoms with Crippen molar-refractivity contribution in [3.63, 3.8) is 0 Å². The third-order valence-corrected chi connectivity index (χ3v) is 3.52. The van der Waals surface area contributed by atoms with Gasteiger partial charge in [0.2, 0.25) is 0 Å². The molecule has 1 heterocycles. The maximum atomic E-state index is 12.1. The number of hydrogen-bond acceptors (Lipinski definition) is 6. The Labute approximate surface area is 127 Å². The first-order valence-electron chi connectivity index (χ1n) is 6.45. The van der Waals surface area contributed by atoms with E-state index in [0.717, 1.165) is 22.8 Å². The minimum absolute atomic E-state index is 0.329. The van der Waals surface area contributed by atoms with Gasteiger partial charge in [0.1, 0.15) is 17.0 Å². The van der Waals surface area contributed by atoms with E-state index in [1.165, 1.54) is 0 Å². The highest BCUT2D eigenvalue weighted by Gasteiger charge is 2.24. The van der Waals surface area contributed by atoms with Crippen LogP contribution in [0.15, 0.2) is 24.3 Å². The number of rotatable bonds is 3. The molecule has 112 valence electrons. The molecule has 0 saturated heterocycles. The average molecular weight is 306 g/mol. The molecule has 0 saturated carbocycles. The number of carbonyl (C=O) groups excluding carboxylic acids is 1. The predicted molar refractivity (Wildman–Crippen MR) is 83.7 cm³/mol. The molecule has 21 heavy (non-hydrogen) atoms. The summed E-state index contributed by atoms with van der Waals surface area (Å²) in [5, 5.41) is 0. The molecule has 6 heteroatoms. The highest BCUT2D eigenvalue weighted by atomic mass is 32.1. The van der Waals surface area contributed by atoms with Crippen LogP contribution in [0.4, 0.5) is 5.69 Å². The lowest BCUT2D eigenvalue weighted by Gasteiger charge is -2.18. The molecule has 0 amide bonds. The standard InChI is InChI=1S/C15H18N2O3S/c1-15(2,3)20-14(18)13-11(16)12(17-21-13)9-5-7-10(19-4)8-6-9/h5-8H,16H2,1-4H3. The van der Waals surface area contributed by atoms with Crippen LogP contribution >= 0.6 is 11.5 Å². The van der Waals surface area contributed by atoms with Gasteiger partial charge in [0.15, 0.2) is 4.88 Å². The molecule has 0 bridgehead atoms. The van der Waals surface area contributed by atoms with E-state index in [1.807, 2.05) is 45.0 Å². The first kappa shape index (κ1) is 15.3. The van der Waals surface area contributed by atoms with Gasteiger partial charge in [-0.25, -0.2) is 4.79 Å². The number of aromatic nitrogens is 1. The molecule has 0 radical (unpaired) electrons. The van der Waals surface area contributed by atoms with Crippen LogP contribution in [-0.2, 0) is 4.74 Å². The molecule has 2 aromatic rings. The number of carbonyl (C=O) groups is 1. The van der Waals surface area contributed by atoms with Gasteiger partial charge in [-0.3, -0.25) is 0 Å². The number of ether oxygens (including phenoxy) is 2. The lowest BCUT2D eigenvalue weighted by molar-refractivity contribution is 0.00764. The third-order valence-electron chi connectivity index (χ3n) is 2.68. The molecule has 1 aromatic heterocycles. The highest BCUT2D eigenvalue weighted by Crippen LogP contribution is 2.32. The Morgan fingerprint density at radius 3 is 2.38 bits per heavy atom. The highest BCUT2D eigenvalue weighted by molar-refractivity contribution is 7.09. The van der Waals surface area contributed by atoms with Crippen molar-refractivity contribution in [2.45, 2.75) is 26.4 Å². The summed E-state index contributed by atoms with van der Waals surface area (Å²) < 4.78 is 14.7. The van der Waals surface area contributed by atoms with Gasteiger partial charge in [0.05, 0.1) is 12.8 Å². The van der Waals surface area contributed by atoms with Gasteiger partial charge in [-0.2, -0.15) is 4.37 Å². The summed E-state index contributed by atoms with van der Waals surface area (Å²) >= 11 is 1.05. The number of hydrogen-bond donors (Lipinski definition) is 1. The van der Waals surface area contributed by atoms with Gasteiger partial charge >= 0.3 is 5.97 Å². The van der Waals surface area contributed by atoms with Crippen LogP contribution in [0.25, 0.3) is 11.3 Å². The number of esters is 1. The predicted octanol–water partition coefficient (Wildman–Crippen LogP) is 3.36. The fourth-order valence-corrected chi connectivity index (χ4v) is 2.42. The zero-order chi connectivity index (χ0) is 15.6. The Morgan fingerprint density at radius 1 is 1.24 bits per heavy atom. The lowest BCUT2D eigenvalue weighted by atomic mass is 10.1. The monoisotopic (exact) mass is 306 g/mol. The molecule has 0 spiro atoms. The lowest BCUT2D eigenvalue weighted by Crippen LogP contribution is -2.23. The van der Waals surface area contributed by atoms with E-state index in [0.29, 0.717) is 16.3 Å². The average Bonchev–Trinajstić information content (AvgIpc) is 2.79. The summed E-state index contributed by atoms with van der Waals surface area (Å²) in [6.07, 6.45) is 0. The fraction of sp³-hybridized carbons (Fsp3) is 0.333. The van der Waals surface area contributed by atoms with Crippen LogP contribution in [0, 0.1) is 0 Å². The summed E-state index contributed by atoms with van der Waals surface area (Å²) in [6, 6.07) is 7.34. The first-order valence-corrected chi connectivity index (χ1v) is 7.22. The number of nitrogen functional groups attached to an aromatic ring is 1. The smallest absolute Gasteiger partial charge is 0.352 e. The fourth-order valence-electron chi connectivity index (χ4n) is 1.73. The Bertz CT molecular complexity index is 642. The van der Waals surface area contributed by atoms with E-state index in [4.69, 9.17) is 15.2 Å². The third kappa shape index (κ3) is 3.52. The molecule has 0 unspecified atom stereocenters. The van der Waals surface area contributed by atoms with Crippen LogP contribution < -0.4 is 10.5 Å². The Balaban J connectivity index is 2.29. The Kier molecular flexibility index (Phi) is 4.18. The van der Waals surface area contributed by atoms with Gasteiger partial charge < -0.3 is 15.2 Å². The molecule has 2 rings (SSSR count). The van der Waals surface area contributed by atoms with Crippen molar-refractivity contribution in [3.8, 4) is 17.0 Å². The molecule has 1 aromatic carbocycles. The zero-order valence-electron chi connectivity index (χ0n) is 12.5. The van der Waals surface area contributed by atoms with E-state index >= 15 is 0 Å². The minimum atomic E-state index is -0.562. The SMILES string of the molecule is COc1ccc(-c2nsc(C(=O)OC(C)(C)C)c2N)cc1. The van der Waals surface area contributed by atoms with Crippen LogP contribution in [0.1, 0.15) is 30.4 Å². The molecule has 0 aliphatic heterocycles. The number of anilines is 1. The topological polar surface area (TPSA) is 74.4 Å². The van der Waals surface area contributed by atoms with Crippen molar-refractivity contribution >= 4 is 23.2 Å². The molecule has 0 aliphatic carbocycles. The first-order chi connectivity index (χ1) is 9.81. The summed E-state index contributed by atoms with van der Waals surface area (Å²) in [7, 11) is 1.60. The van der Waals surface area contributed by atoms with Crippen molar-refractivity contribution in [1.29, 1.82) is 0 Å².